The summed E-state index contributed by atoms with van der Waals surface area (Å²) in [5.74, 6) is -0.328. The number of carbonyl (C=O) groups is 1. The number of aryl methyl sites for hydroxylation is 1. The van der Waals surface area contributed by atoms with Gasteiger partial charge in [-0.05, 0) is 13.0 Å². The van der Waals surface area contributed by atoms with Crippen molar-refractivity contribution in [2.45, 2.75) is 13.3 Å². The van der Waals surface area contributed by atoms with Gasteiger partial charge in [0, 0.05) is 18.8 Å². The van der Waals surface area contributed by atoms with Crippen LogP contribution in [0.15, 0.2) is 12.3 Å². The molecule has 1 aromatic heterocycles. The van der Waals surface area contributed by atoms with E-state index >= 15 is 0 Å². The first-order valence-corrected chi connectivity index (χ1v) is 3.48. The Labute approximate surface area is 68.8 Å². The topological polar surface area (TPSA) is 22.0 Å². The molecule has 0 aliphatic carbocycles. The molecule has 0 fully saturated rings. The second-order valence-corrected chi connectivity index (χ2v) is 2.58. The minimum atomic E-state index is -2.59. The van der Waals surface area contributed by atoms with Crippen LogP contribution in [0, 0.1) is 0 Å². The van der Waals surface area contributed by atoms with Crippen LogP contribution < -0.4 is 0 Å². The fraction of sp³-hybridized carbons (Fsp3) is 0.375. The summed E-state index contributed by atoms with van der Waals surface area (Å²) in [7, 11) is 1.49. The highest BCUT2D eigenvalue weighted by Crippen LogP contribution is 2.23. The third-order valence-electron chi connectivity index (χ3n) is 1.71. The molecule has 0 aliphatic rings. The molecule has 1 heterocycles. The average molecular weight is 173 g/mol. The first kappa shape index (κ1) is 8.90. The van der Waals surface area contributed by atoms with Crippen molar-refractivity contribution < 1.29 is 13.6 Å². The molecule has 0 amide bonds. The molecule has 0 unspecified atom stereocenters. The fourth-order valence-corrected chi connectivity index (χ4v) is 1.11. The molecule has 2 nitrogen and oxygen atoms in total. The molecule has 0 aromatic carbocycles. The summed E-state index contributed by atoms with van der Waals surface area (Å²) >= 11 is 0. The Kier molecular flexibility index (Phi) is 2.26. The first-order chi connectivity index (χ1) is 5.54. The molecule has 66 valence electrons. The number of nitrogens with zero attached hydrogens (tertiary/aromatic N) is 1. The Morgan fingerprint density at radius 3 is 2.50 bits per heavy atom. The number of hydrogen-bond donors (Lipinski definition) is 0. The van der Waals surface area contributed by atoms with Gasteiger partial charge in [-0.15, -0.1) is 0 Å². The van der Waals surface area contributed by atoms with E-state index in [9.17, 15) is 13.6 Å². The Morgan fingerprint density at radius 2 is 2.17 bits per heavy atom. The van der Waals surface area contributed by atoms with Gasteiger partial charge in [0.2, 0.25) is 0 Å². The largest absolute Gasteiger partial charge is 0.349 e. The van der Waals surface area contributed by atoms with Gasteiger partial charge < -0.3 is 4.57 Å². The SMILES string of the molecule is CC(=O)c1ccn(C)c1C(F)F. The molecule has 12 heavy (non-hydrogen) atoms. The second-order valence-electron chi connectivity index (χ2n) is 2.58. The van der Waals surface area contributed by atoms with Crippen molar-refractivity contribution in [1.82, 2.24) is 4.57 Å². The Bertz CT molecular complexity index is 304. The van der Waals surface area contributed by atoms with Gasteiger partial charge in [0.05, 0.1) is 5.69 Å². The number of rotatable bonds is 2. The van der Waals surface area contributed by atoms with E-state index in [1.807, 2.05) is 0 Å². The third kappa shape index (κ3) is 1.37. The summed E-state index contributed by atoms with van der Waals surface area (Å²) in [4.78, 5) is 10.8. The number of hydrogen-bond acceptors (Lipinski definition) is 1. The van der Waals surface area contributed by atoms with E-state index in [0.717, 1.165) is 0 Å². The molecule has 1 aromatic rings. The van der Waals surface area contributed by atoms with Crippen molar-refractivity contribution in [2.75, 3.05) is 0 Å². The van der Waals surface area contributed by atoms with Gasteiger partial charge in [-0.2, -0.15) is 0 Å². The Hall–Kier alpha value is -1.19. The fourth-order valence-electron chi connectivity index (χ4n) is 1.11. The third-order valence-corrected chi connectivity index (χ3v) is 1.71. The molecular weight excluding hydrogens is 164 g/mol. The smallest absolute Gasteiger partial charge is 0.279 e. The Balaban J connectivity index is 3.21. The van der Waals surface area contributed by atoms with Crippen LogP contribution in [0.2, 0.25) is 0 Å². The maximum atomic E-state index is 12.3. The molecular formula is C8H9F2NO. The summed E-state index contributed by atoms with van der Waals surface area (Å²) in [5.41, 5.74) is -0.102. The lowest BCUT2D eigenvalue weighted by molar-refractivity contribution is 0.0995. The van der Waals surface area contributed by atoms with E-state index in [-0.39, 0.29) is 17.0 Å². The van der Waals surface area contributed by atoms with E-state index in [1.54, 1.807) is 0 Å². The molecule has 0 saturated heterocycles. The molecule has 0 saturated carbocycles. The van der Waals surface area contributed by atoms with Gasteiger partial charge in [0.25, 0.3) is 6.43 Å². The van der Waals surface area contributed by atoms with Crippen molar-refractivity contribution in [3.8, 4) is 0 Å². The summed E-state index contributed by atoms with van der Waals surface area (Å²) in [6.07, 6.45) is -1.14. The van der Waals surface area contributed by atoms with Crippen molar-refractivity contribution in [3.63, 3.8) is 0 Å². The zero-order valence-electron chi connectivity index (χ0n) is 6.84. The van der Waals surface area contributed by atoms with Gasteiger partial charge in [0.15, 0.2) is 5.78 Å². The number of aromatic nitrogens is 1. The normalized spacial score (nSPS) is 10.8. The number of ketones is 1. The molecule has 0 aliphatic heterocycles. The van der Waals surface area contributed by atoms with Crippen molar-refractivity contribution >= 4 is 5.78 Å². The lowest BCUT2D eigenvalue weighted by atomic mass is 10.2. The van der Waals surface area contributed by atoms with Crippen LogP contribution in [-0.2, 0) is 7.05 Å². The molecule has 4 heteroatoms. The standard InChI is InChI=1S/C8H9F2NO/c1-5(12)6-3-4-11(2)7(6)8(9)10/h3-4,8H,1-2H3. The van der Waals surface area contributed by atoms with Crippen LogP contribution in [0.3, 0.4) is 0 Å². The van der Waals surface area contributed by atoms with Crippen LogP contribution in [0.1, 0.15) is 29.4 Å². The van der Waals surface area contributed by atoms with Gasteiger partial charge in [-0.3, -0.25) is 4.79 Å². The monoisotopic (exact) mass is 173 g/mol. The quantitative estimate of drug-likeness (QED) is 0.628. The van der Waals surface area contributed by atoms with Gasteiger partial charge in [-0.25, -0.2) is 8.78 Å². The van der Waals surface area contributed by atoms with Gasteiger partial charge in [0.1, 0.15) is 0 Å². The van der Waals surface area contributed by atoms with E-state index in [0.29, 0.717) is 0 Å². The van der Waals surface area contributed by atoms with Crippen LogP contribution in [0.4, 0.5) is 8.78 Å². The molecule has 0 atom stereocenters. The number of Topliss-reactive ketones (excluding diaryl/α,β-unsaturated/α-hetero) is 1. The number of alkyl halides is 2. The Morgan fingerprint density at radius 1 is 1.58 bits per heavy atom. The van der Waals surface area contributed by atoms with Crippen LogP contribution in [-0.4, -0.2) is 10.4 Å². The molecule has 0 bridgehead atoms. The summed E-state index contributed by atoms with van der Waals surface area (Å²) < 4.78 is 25.9. The zero-order valence-corrected chi connectivity index (χ0v) is 6.84. The maximum absolute atomic E-state index is 12.3. The van der Waals surface area contributed by atoms with Crippen LogP contribution in [0.25, 0.3) is 0 Å². The predicted octanol–water partition coefficient (Wildman–Crippen LogP) is 2.17. The minimum absolute atomic E-state index is 0.104. The summed E-state index contributed by atoms with van der Waals surface area (Å²) in [6, 6.07) is 1.41. The molecule has 0 radical (unpaired) electrons. The van der Waals surface area contributed by atoms with Crippen molar-refractivity contribution in [1.29, 1.82) is 0 Å². The van der Waals surface area contributed by atoms with Crippen LogP contribution in [0.5, 0.6) is 0 Å². The summed E-state index contributed by atoms with van der Waals surface area (Å²) in [6.45, 7) is 1.28. The van der Waals surface area contributed by atoms with E-state index in [2.05, 4.69) is 0 Å². The minimum Gasteiger partial charge on any atom is -0.349 e. The second kappa shape index (κ2) is 3.05. The van der Waals surface area contributed by atoms with Crippen molar-refractivity contribution in [2.24, 2.45) is 7.05 Å². The average Bonchev–Trinajstić information content (AvgIpc) is 2.30. The molecule has 0 spiro atoms. The highest BCUT2D eigenvalue weighted by molar-refractivity contribution is 5.95. The van der Waals surface area contributed by atoms with E-state index in [1.165, 1.54) is 30.8 Å². The first-order valence-electron chi connectivity index (χ1n) is 3.48. The van der Waals surface area contributed by atoms with E-state index < -0.39 is 6.43 Å². The highest BCUT2D eigenvalue weighted by Gasteiger charge is 2.18. The number of carbonyl (C=O) groups excluding carboxylic acids is 1. The zero-order chi connectivity index (χ0) is 9.30. The summed E-state index contributed by atoms with van der Waals surface area (Å²) in [5, 5.41) is 0. The molecule has 0 N–H and O–H groups in total. The lowest BCUT2D eigenvalue weighted by Crippen LogP contribution is -2.02. The van der Waals surface area contributed by atoms with Crippen LogP contribution >= 0.6 is 0 Å². The maximum Gasteiger partial charge on any atom is 0.279 e. The molecule has 1 rings (SSSR count). The van der Waals surface area contributed by atoms with Crippen molar-refractivity contribution in [3.05, 3.63) is 23.5 Å². The van der Waals surface area contributed by atoms with E-state index in [4.69, 9.17) is 0 Å². The predicted molar refractivity (Wildman–Crippen MR) is 40.4 cm³/mol. The van der Waals surface area contributed by atoms with Gasteiger partial charge in [-0.1, -0.05) is 0 Å². The highest BCUT2D eigenvalue weighted by atomic mass is 19.3. The van der Waals surface area contributed by atoms with Gasteiger partial charge >= 0.3 is 0 Å². The lowest BCUT2D eigenvalue weighted by Gasteiger charge is -2.03. The number of halogens is 2.